The molecule has 37 heavy (non-hydrogen) atoms. The number of hydrogen-bond acceptors (Lipinski definition) is 5. The van der Waals surface area contributed by atoms with Gasteiger partial charge in [-0.1, -0.05) is 17.7 Å². The van der Waals surface area contributed by atoms with Gasteiger partial charge < -0.3 is 9.55 Å². The molecule has 2 aliphatic rings. The van der Waals surface area contributed by atoms with Gasteiger partial charge in [-0.3, -0.25) is 4.79 Å². The molecule has 7 rings (SSSR count). The van der Waals surface area contributed by atoms with E-state index in [-0.39, 0.29) is 34.6 Å². The molecule has 4 heterocycles. The average molecular weight is 518 g/mol. The number of halogens is 3. The van der Waals surface area contributed by atoms with Crippen molar-refractivity contribution in [3.05, 3.63) is 99.1 Å². The predicted molar refractivity (Wildman–Crippen MR) is 132 cm³/mol. The summed E-state index contributed by atoms with van der Waals surface area (Å²) in [5.74, 6) is -0.857. The first-order chi connectivity index (χ1) is 17.9. The predicted octanol–water partition coefficient (Wildman–Crippen LogP) is 4.83. The van der Waals surface area contributed by atoms with Crippen LogP contribution in [0.1, 0.15) is 35.5 Å². The first kappa shape index (κ1) is 22.1. The molecule has 5 aromatic rings. The molecular formula is C26H18ClF2N7O. The lowest BCUT2D eigenvalue weighted by Gasteiger charge is -2.18. The van der Waals surface area contributed by atoms with Crippen LogP contribution in [0.15, 0.2) is 59.8 Å². The largest absolute Gasteiger partial charge is 0.340 e. The van der Waals surface area contributed by atoms with E-state index in [1.54, 1.807) is 28.8 Å². The fourth-order valence-corrected chi connectivity index (χ4v) is 5.62. The number of tetrazole rings is 1. The molecule has 3 unspecified atom stereocenters. The lowest BCUT2D eigenvalue weighted by Crippen LogP contribution is -2.26. The highest BCUT2D eigenvalue weighted by Crippen LogP contribution is 2.60. The lowest BCUT2D eigenvalue weighted by molar-refractivity contribution is 0.504. The number of hydrogen-bond donors (Lipinski definition) is 1. The number of imidazole rings is 1. The van der Waals surface area contributed by atoms with E-state index in [1.165, 1.54) is 36.3 Å². The van der Waals surface area contributed by atoms with Crippen LogP contribution in [0.4, 0.5) is 8.78 Å². The highest BCUT2D eigenvalue weighted by molar-refractivity contribution is 6.31. The molecule has 3 aromatic heterocycles. The first-order valence-electron chi connectivity index (χ1n) is 11.7. The standard InChI is InChI=1S/C26H18ClF2N7O/c1-12-2-4-15(24(29)23(12)28)19-10-30-26(32-19)25-18-9-17(18)21-6-13(7-22(37)36(21)25)16-8-14(27)3-5-20(16)35-11-31-33-34-35/h2-8,10-11,17-18,25H,9H2,1H3,(H,30,32). The number of fused-ring (bicyclic) bond motifs is 3. The second-order valence-corrected chi connectivity index (χ2v) is 9.92. The summed E-state index contributed by atoms with van der Waals surface area (Å²) >= 11 is 6.30. The number of rotatable bonds is 4. The summed E-state index contributed by atoms with van der Waals surface area (Å²) < 4.78 is 32.0. The van der Waals surface area contributed by atoms with E-state index in [9.17, 15) is 13.6 Å². The van der Waals surface area contributed by atoms with Crippen molar-refractivity contribution in [3.63, 3.8) is 0 Å². The molecule has 0 spiro atoms. The third kappa shape index (κ3) is 3.36. The Bertz CT molecular complexity index is 1760. The van der Waals surface area contributed by atoms with Gasteiger partial charge >= 0.3 is 0 Å². The van der Waals surface area contributed by atoms with Crippen molar-refractivity contribution in [2.24, 2.45) is 5.92 Å². The zero-order chi connectivity index (χ0) is 25.4. The van der Waals surface area contributed by atoms with E-state index in [1.807, 2.05) is 6.07 Å². The smallest absolute Gasteiger partial charge is 0.252 e. The number of H-pyrrole nitrogens is 1. The Morgan fingerprint density at radius 1 is 1.08 bits per heavy atom. The normalized spacial score (nSPS) is 19.6. The lowest BCUT2D eigenvalue weighted by atomic mass is 10.0. The molecule has 184 valence electrons. The van der Waals surface area contributed by atoms with Crippen LogP contribution in [0.5, 0.6) is 0 Å². The zero-order valence-electron chi connectivity index (χ0n) is 19.4. The van der Waals surface area contributed by atoms with Gasteiger partial charge in [0.1, 0.15) is 12.2 Å². The van der Waals surface area contributed by atoms with E-state index in [0.717, 1.165) is 17.7 Å². The zero-order valence-corrected chi connectivity index (χ0v) is 20.1. The maximum absolute atomic E-state index is 14.6. The fourth-order valence-electron chi connectivity index (χ4n) is 5.45. The van der Waals surface area contributed by atoms with Crippen molar-refractivity contribution in [2.75, 3.05) is 0 Å². The minimum Gasteiger partial charge on any atom is -0.340 e. The minimum atomic E-state index is -0.923. The number of aromatic amines is 1. The molecule has 1 N–H and O–H groups in total. The van der Waals surface area contributed by atoms with E-state index in [4.69, 9.17) is 11.6 Å². The number of nitrogens with zero attached hydrogens (tertiary/aromatic N) is 6. The molecule has 0 saturated heterocycles. The van der Waals surface area contributed by atoms with Crippen LogP contribution in [-0.4, -0.2) is 34.7 Å². The Labute approximate surface area is 213 Å². The van der Waals surface area contributed by atoms with Crippen molar-refractivity contribution in [1.82, 2.24) is 34.7 Å². The Kier molecular flexibility index (Phi) is 4.71. The Morgan fingerprint density at radius 3 is 2.76 bits per heavy atom. The summed E-state index contributed by atoms with van der Waals surface area (Å²) in [6.07, 6.45) is 3.88. The number of aryl methyl sites for hydroxylation is 1. The first-order valence-corrected chi connectivity index (χ1v) is 12.1. The summed E-state index contributed by atoms with van der Waals surface area (Å²) in [5.41, 5.74) is 3.58. The van der Waals surface area contributed by atoms with Crippen LogP contribution in [-0.2, 0) is 0 Å². The molecule has 0 amide bonds. The highest BCUT2D eigenvalue weighted by Gasteiger charge is 2.54. The Balaban J connectivity index is 1.31. The van der Waals surface area contributed by atoms with Crippen LogP contribution in [0, 0.1) is 24.5 Å². The van der Waals surface area contributed by atoms with Crippen LogP contribution in [0.2, 0.25) is 5.02 Å². The summed E-state index contributed by atoms with van der Waals surface area (Å²) in [6.45, 7) is 1.51. The summed E-state index contributed by atoms with van der Waals surface area (Å²) in [5, 5.41) is 11.9. The molecular weight excluding hydrogens is 500 g/mol. The van der Waals surface area contributed by atoms with Gasteiger partial charge in [-0.25, -0.2) is 13.8 Å². The Morgan fingerprint density at radius 2 is 1.95 bits per heavy atom. The molecule has 1 aliphatic heterocycles. The third-order valence-corrected chi connectivity index (χ3v) is 7.54. The molecule has 8 nitrogen and oxygen atoms in total. The van der Waals surface area contributed by atoms with Crippen molar-refractivity contribution in [1.29, 1.82) is 0 Å². The van der Waals surface area contributed by atoms with Crippen LogP contribution in [0.25, 0.3) is 28.1 Å². The van der Waals surface area contributed by atoms with Gasteiger partial charge in [-0.05, 0) is 71.1 Å². The molecule has 3 atom stereocenters. The fraction of sp³-hybridized carbons (Fsp3) is 0.192. The van der Waals surface area contributed by atoms with Gasteiger partial charge in [0.15, 0.2) is 11.6 Å². The number of nitrogens with one attached hydrogen (secondary N) is 1. The SMILES string of the molecule is Cc1ccc(-c2cnc(C3C4CC4c4cc(-c5cc(Cl)ccc5-n5cnnn5)cc(=O)n43)[nH]2)c(F)c1F. The van der Waals surface area contributed by atoms with Crippen molar-refractivity contribution < 1.29 is 8.78 Å². The minimum absolute atomic E-state index is 0.103. The second kappa shape index (κ2) is 7.91. The van der Waals surface area contributed by atoms with Crippen molar-refractivity contribution in [3.8, 4) is 28.1 Å². The van der Waals surface area contributed by atoms with Crippen LogP contribution < -0.4 is 5.56 Å². The summed E-state index contributed by atoms with van der Waals surface area (Å²) in [4.78, 5) is 21.1. The summed E-state index contributed by atoms with van der Waals surface area (Å²) in [7, 11) is 0. The maximum Gasteiger partial charge on any atom is 0.252 e. The van der Waals surface area contributed by atoms with Gasteiger partial charge in [0.2, 0.25) is 0 Å². The second-order valence-electron chi connectivity index (χ2n) is 9.48. The van der Waals surface area contributed by atoms with Gasteiger partial charge in [0, 0.05) is 33.8 Å². The third-order valence-electron chi connectivity index (χ3n) is 7.31. The molecule has 1 saturated carbocycles. The summed E-state index contributed by atoms with van der Waals surface area (Å²) in [6, 6.07) is 11.7. The van der Waals surface area contributed by atoms with Gasteiger partial charge in [0.25, 0.3) is 5.56 Å². The molecule has 1 fully saturated rings. The van der Waals surface area contributed by atoms with Crippen molar-refractivity contribution in [2.45, 2.75) is 25.3 Å². The van der Waals surface area contributed by atoms with E-state index < -0.39 is 11.6 Å². The maximum atomic E-state index is 14.6. The Hall–Kier alpha value is -4.18. The molecule has 0 radical (unpaired) electrons. The van der Waals surface area contributed by atoms with E-state index in [0.29, 0.717) is 27.8 Å². The monoisotopic (exact) mass is 517 g/mol. The van der Waals surface area contributed by atoms with Crippen LogP contribution >= 0.6 is 11.6 Å². The van der Waals surface area contributed by atoms with Gasteiger partial charge in [-0.15, -0.1) is 5.10 Å². The average Bonchev–Trinajstić information content (AvgIpc) is 3.23. The topological polar surface area (TPSA) is 94.3 Å². The molecule has 1 aliphatic carbocycles. The number of benzene rings is 2. The molecule has 2 aromatic carbocycles. The van der Waals surface area contributed by atoms with Gasteiger partial charge in [-0.2, -0.15) is 4.68 Å². The molecule has 11 heteroatoms. The number of aromatic nitrogens is 7. The molecule has 0 bridgehead atoms. The van der Waals surface area contributed by atoms with E-state index >= 15 is 0 Å². The van der Waals surface area contributed by atoms with Crippen LogP contribution in [0.3, 0.4) is 0 Å². The highest BCUT2D eigenvalue weighted by atomic mass is 35.5. The quantitative estimate of drug-likeness (QED) is 0.368. The van der Waals surface area contributed by atoms with Crippen molar-refractivity contribution >= 4 is 11.6 Å². The van der Waals surface area contributed by atoms with E-state index in [2.05, 4.69) is 25.5 Å². The van der Waals surface area contributed by atoms with Gasteiger partial charge in [0.05, 0.1) is 23.6 Å². The number of pyridine rings is 1.